The summed E-state index contributed by atoms with van der Waals surface area (Å²) in [7, 11) is 4.64. The van der Waals surface area contributed by atoms with Crippen molar-refractivity contribution in [2.24, 2.45) is 0 Å². The van der Waals surface area contributed by atoms with Crippen molar-refractivity contribution in [1.29, 1.82) is 0 Å². The Hall–Kier alpha value is -0.200. The Balaban J connectivity index is 3.09. The molecule has 0 atom stereocenters. The van der Waals surface area contributed by atoms with Gasteiger partial charge in [-0.15, -0.1) is 0 Å². The smallest absolute Gasteiger partial charge is 0.0665 e. The SMILES string of the molecule is CONCCN(OC)OC. The van der Waals surface area contributed by atoms with Gasteiger partial charge < -0.3 is 4.84 Å². The van der Waals surface area contributed by atoms with E-state index in [2.05, 4.69) is 10.3 Å². The molecule has 1 N–H and O–H groups in total. The molecule has 0 amide bonds. The molecule has 0 unspecified atom stereocenters. The number of nitrogens with one attached hydrogen (secondary N) is 1. The second-order valence-corrected chi connectivity index (χ2v) is 1.52. The lowest BCUT2D eigenvalue weighted by Crippen LogP contribution is -2.30. The summed E-state index contributed by atoms with van der Waals surface area (Å²) in [6.45, 7) is 1.26. The van der Waals surface area contributed by atoms with Crippen molar-refractivity contribution < 1.29 is 14.5 Å². The zero-order valence-electron chi connectivity index (χ0n) is 6.59. The molecule has 0 spiro atoms. The number of rotatable bonds is 6. The first-order chi connectivity index (χ1) is 4.85. The summed E-state index contributed by atoms with van der Waals surface area (Å²) in [5, 5.41) is 1.34. The quantitative estimate of drug-likeness (QED) is 0.411. The van der Waals surface area contributed by atoms with Crippen LogP contribution in [-0.2, 0) is 14.5 Å². The number of nitrogens with zero attached hydrogens (tertiary/aromatic N) is 1. The summed E-state index contributed by atoms with van der Waals surface area (Å²) in [4.78, 5) is 14.1. The van der Waals surface area contributed by atoms with Gasteiger partial charge in [-0.3, -0.25) is 9.68 Å². The minimum absolute atomic E-state index is 0.612. The molecule has 0 aromatic carbocycles. The van der Waals surface area contributed by atoms with Crippen molar-refractivity contribution in [2.45, 2.75) is 0 Å². The molecule has 0 saturated carbocycles. The molecule has 0 bridgehead atoms. The van der Waals surface area contributed by atoms with Gasteiger partial charge >= 0.3 is 0 Å². The predicted molar refractivity (Wildman–Crippen MR) is 35.7 cm³/mol. The third-order valence-corrected chi connectivity index (χ3v) is 0.948. The largest absolute Gasteiger partial charge is 0.305 e. The van der Waals surface area contributed by atoms with Crippen molar-refractivity contribution in [3.8, 4) is 0 Å². The van der Waals surface area contributed by atoms with Gasteiger partial charge in [0.05, 0.1) is 27.9 Å². The molecular formula is C5H14N2O3. The minimum atomic E-state index is 0.612. The predicted octanol–water partition coefficient (Wildman–Crippen LogP) is -0.438. The molecule has 0 saturated heterocycles. The molecule has 0 aromatic rings. The average Bonchev–Trinajstić information content (AvgIpc) is 1.99. The van der Waals surface area contributed by atoms with Gasteiger partial charge in [0.25, 0.3) is 0 Å². The van der Waals surface area contributed by atoms with Crippen LogP contribution in [0.15, 0.2) is 0 Å². The Morgan fingerprint density at radius 3 is 2.20 bits per heavy atom. The second kappa shape index (κ2) is 6.91. The van der Waals surface area contributed by atoms with Crippen molar-refractivity contribution in [3.63, 3.8) is 0 Å². The molecule has 0 aromatic heterocycles. The minimum Gasteiger partial charge on any atom is -0.305 e. The molecule has 0 aliphatic rings. The molecule has 5 heteroatoms. The molecular weight excluding hydrogens is 136 g/mol. The van der Waals surface area contributed by atoms with Crippen LogP contribution >= 0.6 is 0 Å². The zero-order valence-corrected chi connectivity index (χ0v) is 6.59. The highest BCUT2D eigenvalue weighted by Crippen LogP contribution is 1.84. The van der Waals surface area contributed by atoms with Crippen LogP contribution in [0.25, 0.3) is 0 Å². The second-order valence-electron chi connectivity index (χ2n) is 1.52. The van der Waals surface area contributed by atoms with E-state index in [9.17, 15) is 0 Å². The van der Waals surface area contributed by atoms with E-state index in [0.29, 0.717) is 13.1 Å². The highest BCUT2D eigenvalue weighted by Gasteiger charge is 1.98. The number of hydroxylamine groups is 3. The summed E-state index contributed by atoms with van der Waals surface area (Å²) >= 11 is 0. The molecule has 62 valence electrons. The summed E-state index contributed by atoms with van der Waals surface area (Å²) in [5.41, 5.74) is 2.65. The van der Waals surface area contributed by atoms with Crippen molar-refractivity contribution in [2.75, 3.05) is 34.4 Å². The summed E-state index contributed by atoms with van der Waals surface area (Å²) < 4.78 is 0. The zero-order chi connectivity index (χ0) is 7.82. The highest BCUT2D eigenvalue weighted by molar-refractivity contribution is 4.33. The molecule has 0 radical (unpaired) electrons. The van der Waals surface area contributed by atoms with Crippen LogP contribution in [-0.4, -0.2) is 39.6 Å². The Kier molecular flexibility index (Phi) is 6.78. The summed E-state index contributed by atoms with van der Waals surface area (Å²) in [6, 6.07) is 0. The van der Waals surface area contributed by atoms with E-state index in [1.165, 1.54) is 19.4 Å². The first-order valence-corrected chi connectivity index (χ1v) is 2.96. The van der Waals surface area contributed by atoms with Crippen molar-refractivity contribution in [3.05, 3.63) is 0 Å². The standard InChI is InChI=1S/C5H14N2O3/c1-8-6-4-5-7(9-2)10-3/h6H,4-5H2,1-3H3. The molecule has 10 heavy (non-hydrogen) atoms. The number of hydrogen-bond acceptors (Lipinski definition) is 5. The van der Waals surface area contributed by atoms with E-state index in [1.54, 1.807) is 7.11 Å². The topological polar surface area (TPSA) is 43.0 Å². The average molecular weight is 150 g/mol. The highest BCUT2D eigenvalue weighted by atomic mass is 16.9. The van der Waals surface area contributed by atoms with Gasteiger partial charge in [0.1, 0.15) is 0 Å². The summed E-state index contributed by atoms with van der Waals surface area (Å²) in [5.74, 6) is 0. The lowest BCUT2D eigenvalue weighted by Gasteiger charge is -2.15. The van der Waals surface area contributed by atoms with Crippen LogP contribution in [0.4, 0.5) is 0 Å². The van der Waals surface area contributed by atoms with Crippen LogP contribution in [0.2, 0.25) is 0 Å². The fraction of sp³-hybridized carbons (Fsp3) is 1.00. The lowest BCUT2D eigenvalue weighted by molar-refractivity contribution is -0.342. The maximum absolute atomic E-state index is 4.76. The van der Waals surface area contributed by atoms with E-state index in [4.69, 9.17) is 9.68 Å². The third-order valence-electron chi connectivity index (χ3n) is 0.948. The molecule has 0 aliphatic carbocycles. The van der Waals surface area contributed by atoms with E-state index in [0.717, 1.165) is 0 Å². The van der Waals surface area contributed by atoms with E-state index in [1.807, 2.05) is 0 Å². The molecule has 5 nitrogen and oxygen atoms in total. The Labute approximate surface area is 60.7 Å². The maximum Gasteiger partial charge on any atom is 0.0665 e. The Bertz CT molecular complexity index is 67.9. The monoisotopic (exact) mass is 150 g/mol. The van der Waals surface area contributed by atoms with Crippen LogP contribution in [0.3, 0.4) is 0 Å². The van der Waals surface area contributed by atoms with Crippen LogP contribution in [0, 0.1) is 0 Å². The third kappa shape index (κ3) is 4.66. The van der Waals surface area contributed by atoms with E-state index >= 15 is 0 Å². The van der Waals surface area contributed by atoms with Gasteiger partial charge in [0.15, 0.2) is 0 Å². The fourth-order valence-electron chi connectivity index (χ4n) is 0.496. The first-order valence-electron chi connectivity index (χ1n) is 2.96. The maximum atomic E-state index is 4.76. The van der Waals surface area contributed by atoms with Gasteiger partial charge in [-0.1, -0.05) is 5.23 Å². The van der Waals surface area contributed by atoms with E-state index < -0.39 is 0 Å². The molecule has 0 fully saturated rings. The molecule has 0 rings (SSSR count). The van der Waals surface area contributed by atoms with Gasteiger partial charge in [0.2, 0.25) is 0 Å². The lowest BCUT2D eigenvalue weighted by atomic mass is 10.7. The fourth-order valence-corrected chi connectivity index (χ4v) is 0.496. The summed E-state index contributed by atoms with van der Waals surface area (Å²) in [6.07, 6.45) is 0. The normalized spacial score (nSPS) is 10.8. The van der Waals surface area contributed by atoms with E-state index in [-0.39, 0.29) is 0 Å². The molecule has 0 heterocycles. The van der Waals surface area contributed by atoms with Crippen molar-refractivity contribution in [1.82, 2.24) is 10.7 Å². The van der Waals surface area contributed by atoms with Crippen LogP contribution in [0.1, 0.15) is 0 Å². The Morgan fingerprint density at radius 1 is 1.20 bits per heavy atom. The Morgan fingerprint density at radius 2 is 1.80 bits per heavy atom. The number of hydrogen-bond donors (Lipinski definition) is 1. The van der Waals surface area contributed by atoms with Crippen LogP contribution in [0.5, 0.6) is 0 Å². The van der Waals surface area contributed by atoms with Gasteiger partial charge in [-0.25, -0.2) is 5.48 Å². The van der Waals surface area contributed by atoms with Gasteiger partial charge in [0, 0.05) is 6.54 Å². The van der Waals surface area contributed by atoms with Gasteiger partial charge in [-0.05, 0) is 0 Å². The first kappa shape index (κ1) is 9.80. The van der Waals surface area contributed by atoms with Gasteiger partial charge in [-0.2, -0.15) is 0 Å². The van der Waals surface area contributed by atoms with Crippen LogP contribution < -0.4 is 5.48 Å². The molecule has 0 aliphatic heterocycles. The van der Waals surface area contributed by atoms with Crippen molar-refractivity contribution >= 4 is 0 Å².